The zero-order valence-electron chi connectivity index (χ0n) is 8.48. The zero-order chi connectivity index (χ0) is 9.80. The van der Waals surface area contributed by atoms with Gasteiger partial charge < -0.3 is 0 Å². The number of benzene rings is 1. The molecule has 0 saturated carbocycles. The summed E-state index contributed by atoms with van der Waals surface area (Å²) < 4.78 is 0. The minimum Gasteiger partial charge on any atom is -0.299 e. The molecule has 0 aromatic heterocycles. The van der Waals surface area contributed by atoms with Crippen LogP contribution in [0.3, 0.4) is 0 Å². The van der Waals surface area contributed by atoms with Gasteiger partial charge in [-0.05, 0) is 18.2 Å². The highest BCUT2D eigenvalue weighted by Crippen LogP contribution is 2.16. The molecule has 72 valence electrons. The number of allylic oxidation sites excluding steroid dienone is 2. The number of rotatable bonds is 1. The van der Waals surface area contributed by atoms with Crippen molar-refractivity contribution in [3.8, 4) is 0 Å². The zero-order valence-corrected chi connectivity index (χ0v) is 8.48. The molecule has 1 aromatic carbocycles. The molecule has 1 nitrogen and oxygen atoms in total. The molecule has 0 N–H and O–H groups in total. The third kappa shape index (κ3) is 2.12. The summed E-state index contributed by atoms with van der Waals surface area (Å²) in [5, 5.41) is 0. The van der Waals surface area contributed by atoms with Gasteiger partial charge in [0.2, 0.25) is 0 Å². The van der Waals surface area contributed by atoms with Crippen molar-refractivity contribution in [1.82, 2.24) is 4.90 Å². The fourth-order valence-electron chi connectivity index (χ4n) is 1.60. The summed E-state index contributed by atoms with van der Waals surface area (Å²) in [6.45, 7) is 2.06. The van der Waals surface area contributed by atoms with Crippen LogP contribution in [-0.4, -0.2) is 25.0 Å². The van der Waals surface area contributed by atoms with Crippen molar-refractivity contribution in [2.24, 2.45) is 0 Å². The Balaban J connectivity index is 2.26. The highest BCUT2D eigenvalue weighted by Gasteiger charge is 2.01. The van der Waals surface area contributed by atoms with E-state index in [-0.39, 0.29) is 0 Å². The first-order valence-corrected chi connectivity index (χ1v) is 4.97. The third-order valence-corrected chi connectivity index (χ3v) is 2.44. The standard InChI is InChI=1S/C13H15N/c1-14-10-5-8-13(9-11-14)12-6-3-2-4-7-12/h2-9H,10-11H2,1H3. The lowest BCUT2D eigenvalue weighted by molar-refractivity contribution is 0.414. The topological polar surface area (TPSA) is 3.24 Å². The molecule has 2 rings (SSSR count). The van der Waals surface area contributed by atoms with Crippen LogP contribution in [0.5, 0.6) is 0 Å². The molecule has 0 bridgehead atoms. The van der Waals surface area contributed by atoms with E-state index in [2.05, 4.69) is 60.5 Å². The maximum atomic E-state index is 2.28. The molecule has 0 unspecified atom stereocenters. The first-order valence-electron chi connectivity index (χ1n) is 4.97. The smallest absolute Gasteiger partial charge is 0.0172 e. The summed E-state index contributed by atoms with van der Waals surface area (Å²) in [5.41, 5.74) is 2.63. The Kier molecular flexibility index (Phi) is 2.80. The predicted octanol–water partition coefficient (Wildman–Crippen LogP) is 2.57. The first-order chi connectivity index (χ1) is 6.86. The first kappa shape index (κ1) is 9.22. The average Bonchev–Trinajstić information content (AvgIpc) is 2.44. The molecule has 1 heterocycles. The van der Waals surface area contributed by atoms with Gasteiger partial charge in [0.05, 0.1) is 0 Å². The van der Waals surface area contributed by atoms with Gasteiger partial charge in [-0.2, -0.15) is 0 Å². The quantitative estimate of drug-likeness (QED) is 0.650. The molecule has 0 aliphatic carbocycles. The second kappa shape index (κ2) is 4.25. The minimum atomic E-state index is 1.03. The second-order valence-corrected chi connectivity index (χ2v) is 3.65. The van der Waals surface area contributed by atoms with Crippen molar-refractivity contribution in [1.29, 1.82) is 0 Å². The van der Waals surface area contributed by atoms with E-state index in [4.69, 9.17) is 0 Å². The Labute approximate surface area is 85.4 Å². The Morgan fingerprint density at radius 2 is 1.86 bits per heavy atom. The molecular formula is C13H15N. The summed E-state index contributed by atoms with van der Waals surface area (Å²) in [5.74, 6) is 0. The fraction of sp³-hybridized carbons (Fsp3) is 0.231. The van der Waals surface area contributed by atoms with Gasteiger partial charge in [-0.1, -0.05) is 48.6 Å². The van der Waals surface area contributed by atoms with Crippen LogP contribution < -0.4 is 0 Å². The number of nitrogens with zero attached hydrogens (tertiary/aromatic N) is 1. The van der Waals surface area contributed by atoms with Gasteiger partial charge >= 0.3 is 0 Å². The van der Waals surface area contributed by atoms with Crippen LogP contribution in [-0.2, 0) is 0 Å². The highest BCUT2D eigenvalue weighted by molar-refractivity contribution is 5.74. The number of hydrogen-bond acceptors (Lipinski definition) is 1. The molecular weight excluding hydrogens is 170 g/mol. The molecule has 0 radical (unpaired) electrons. The van der Waals surface area contributed by atoms with Crippen molar-refractivity contribution in [2.75, 3.05) is 20.1 Å². The molecule has 0 saturated heterocycles. The van der Waals surface area contributed by atoms with Crippen LogP contribution >= 0.6 is 0 Å². The molecule has 0 amide bonds. The van der Waals surface area contributed by atoms with Crippen LogP contribution in [0.2, 0.25) is 0 Å². The molecule has 0 atom stereocenters. The molecule has 1 heteroatoms. The normalized spacial score (nSPS) is 17.6. The van der Waals surface area contributed by atoms with Gasteiger partial charge in [-0.3, -0.25) is 4.90 Å². The molecule has 1 aromatic rings. The van der Waals surface area contributed by atoms with Crippen molar-refractivity contribution in [2.45, 2.75) is 0 Å². The van der Waals surface area contributed by atoms with Gasteiger partial charge in [0.1, 0.15) is 0 Å². The van der Waals surface area contributed by atoms with Crippen LogP contribution in [0.4, 0.5) is 0 Å². The van der Waals surface area contributed by atoms with Crippen LogP contribution in [0.15, 0.2) is 48.6 Å². The fourth-order valence-corrected chi connectivity index (χ4v) is 1.60. The summed E-state index contributed by atoms with van der Waals surface area (Å²) in [6.07, 6.45) is 6.70. The predicted molar refractivity (Wildman–Crippen MR) is 61.1 cm³/mol. The largest absolute Gasteiger partial charge is 0.299 e. The summed E-state index contributed by atoms with van der Waals surface area (Å²) >= 11 is 0. The van der Waals surface area contributed by atoms with E-state index in [0.29, 0.717) is 0 Å². The molecule has 14 heavy (non-hydrogen) atoms. The lowest BCUT2D eigenvalue weighted by Crippen LogP contribution is -2.16. The lowest BCUT2D eigenvalue weighted by Gasteiger charge is -2.08. The van der Waals surface area contributed by atoms with Gasteiger partial charge in [0.15, 0.2) is 0 Å². The number of hydrogen-bond donors (Lipinski definition) is 0. The Hall–Kier alpha value is -1.34. The minimum absolute atomic E-state index is 1.03. The van der Waals surface area contributed by atoms with Crippen LogP contribution in [0.1, 0.15) is 5.56 Å². The van der Waals surface area contributed by atoms with Gasteiger partial charge in [-0.15, -0.1) is 0 Å². The Morgan fingerprint density at radius 3 is 2.64 bits per heavy atom. The lowest BCUT2D eigenvalue weighted by atomic mass is 10.1. The van der Waals surface area contributed by atoms with Crippen molar-refractivity contribution in [3.63, 3.8) is 0 Å². The summed E-state index contributed by atoms with van der Waals surface area (Å²) in [7, 11) is 2.13. The van der Waals surface area contributed by atoms with E-state index in [1.54, 1.807) is 0 Å². The number of likely N-dealkylation sites (N-methyl/N-ethyl adjacent to an activating group) is 1. The third-order valence-electron chi connectivity index (χ3n) is 2.44. The van der Waals surface area contributed by atoms with Gasteiger partial charge in [-0.25, -0.2) is 0 Å². The second-order valence-electron chi connectivity index (χ2n) is 3.65. The highest BCUT2D eigenvalue weighted by atomic mass is 15.1. The van der Waals surface area contributed by atoms with E-state index >= 15 is 0 Å². The molecule has 1 aliphatic rings. The maximum absolute atomic E-state index is 2.28. The van der Waals surface area contributed by atoms with E-state index in [0.717, 1.165) is 13.1 Å². The van der Waals surface area contributed by atoms with Crippen LogP contribution in [0.25, 0.3) is 5.57 Å². The molecule has 1 aliphatic heterocycles. The van der Waals surface area contributed by atoms with Crippen molar-refractivity contribution < 1.29 is 0 Å². The SMILES string of the molecule is CN1CC=CC(c2ccccc2)=CC1. The van der Waals surface area contributed by atoms with Crippen molar-refractivity contribution >= 4 is 5.57 Å². The Morgan fingerprint density at radius 1 is 1.07 bits per heavy atom. The van der Waals surface area contributed by atoms with E-state index in [1.807, 2.05) is 0 Å². The molecule has 0 fully saturated rings. The van der Waals surface area contributed by atoms with Crippen LogP contribution in [0, 0.1) is 0 Å². The van der Waals surface area contributed by atoms with Crippen molar-refractivity contribution in [3.05, 3.63) is 54.1 Å². The van der Waals surface area contributed by atoms with E-state index in [9.17, 15) is 0 Å². The summed E-state index contributed by atoms with van der Waals surface area (Å²) in [6, 6.07) is 10.5. The monoisotopic (exact) mass is 185 g/mol. The Bertz CT molecular complexity index is 349. The van der Waals surface area contributed by atoms with Gasteiger partial charge in [0.25, 0.3) is 0 Å². The average molecular weight is 185 g/mol. The van der Waals surface area contributed by atoms with Gasteiger partial charge in [0, 0.05) is 13.1 Å². The summed E-state index contributed by atoms with van der Waals surface area (Å²) in [4.78, 5) is 2.28. The van der Waals surface area contributed by atoms with E-state index in [1.165, 1.54) is 11.1 Å². The molecule has 0 spiro atoms. The maximum Gasteiger partial charge on any atom is 0.0172 e. The van der Waals surface area contributed by atoms with E-state index < -0.39 is 0 Å².